The first kappa shape index (κ1) is 32.7. The third-order valence-electron chi connectivity index (χ3n) is 6.53. The highest BCUT2D eigenvalue weighted by Crippen LogP contribution is 2.15. The maximum atomic E-state index is 12.3. The zero-order valence-electron chi connectivity index (χ0n) is 22.7. The lowest BCUT2D eigenvalue weighted by molar-refractivity contribution is -0.151. The highest BCUT2D eigenvalue weighted by Gasteiger charge is 2.20. The van der Waals surface area contributed by atoms with Crippen LogP contribution in [0.2, 0.25) is 0 Å². The van der Waals surface area contributed by atoms with Gasteiger partial charge in [0.25, 0.3) is 0 Å². The van der Waals surface area contributed by atoms with Crippen LogP contribution in [0.3, 0.4) is 0 Å². The fourth-order valence-corrected chi connectivity index (χ4v) is 4.30. The number of rotatable bonds is 26. The summed E-state index contributed by atoms with van der Waals surface area (Å²) < 4.78 is 5.37. The third-order valence-corrected chi connectivity index (χ3v) is 6.53. The predicted molar refractivity (Wildman–Crippen MR) is 144 cm³/mol. The topological polar surface area (TPSA) is 63.6 Å². The molecule has 1 N–H and O–H groups in total. The number of carboxylic acid groups (broad SMARTS) is 1. The maximum absolute atomic E-state index is 12.3. The van der Waals surface area contributed by atoms with E-state index in [0.29, 0.717) is 6.61 Å². The van der Waals surface area contributed by atoms with Gasteiger partial charge in [0, 0.05) is 0 Å². The number of aliphatic carboxylic acids is 1. The largest absolute Gasteiger partial charge is 0.481 e. The fourth-order valence-electron chi connectivity index (χ4n) is 4.30. The minimum Gasteiger partial charge on any atom is -0.481 e. The number of carboxylic acids is 1. The second-order valence-corrected chi connectivity index (χ2v) is 9.95. The Kier molecular flexibility index (Phi) is 25.3. The predicted octanol–water partition coefficient (Wildman–Crippen LogP) is 9.41. The van der Waals surface area contributed by atoms with Gasteiger partial charge in [-0.05, 0) is 19.3 Å². The zero-order valence-corrected chi connectivity index (χ0v) is 22.7. The molecule has 0 spiro atoms. The molecule has 0 aliphatic rings. The van der Waals surface area contributed by atoms with Gasteiger partial charge in [-0.25, -0.2) is 0 Å². The Labute approximate surface area is 211 Å². The van der Waals surface area contributed by atoms with Gasteiger partial charge in [-0.3, -0.25) is 9.59 Å². The van der Waals surface area contributed by atoms with Crippen LogP contribution in [0.15, 0.2) is 12.2 Å². The van der Waals surface area contributed by atoms with E-state index in [4.69, 9.17) is 9.84 Å². The molecule has 0 amide bonds. The summed E-state index contributed by atoms with van der Waals surface area (Å²) in [4.78, 5) is 23.3. The monoisotopic (exact) mass is 480 g/mol. The molecule has 4 nitrogen and oxygen atoms in total. The van der Waals surface area contributed by atoms with Crippen LogP contribution >= 0.6 is 0 Å². The number of carbonyl (C=O) groups excluding carboxylic acids is 1. The number of unbranched alkanes of at least 4 members (excludes halogenated alkanes) is 19. The molecular formula is C30H56O4. The van der Waals surface area contributed by atoms with Gasteiger partial charge in [0.2, 0.25) is 0 Å². The summed E-state index contributed by atoms with van der Waals surface area (Å²) in [6, 6.07) is 0. The summed E-state index contributed by atoms with van der Waals surface area (Å²) in [5, 5.41) is 9.08. The lowest BCUT2D eigenvalue weighted by Gasteiger charge is -2.11. The van der Waals surface area contributed by atoms with Gasteiger partial charge < -0.3 is 9.84 Å². The van der Waals surface area contributed by atoms with E-state index in [2.05, 4.69) is 13.8 Å². The van der Waals surface area contributed by atoms with Gasteiger partial charge in [-0.1, -0.05) is 142 Å². The van der Waals surface area contributed by atoms with Crippen molar-refractivity contribution < 1.29 is 19.4 Å². The Balaban J connectivity index is 3.61. The molecule has 0 aromatic heterocycles. The van der Waals surface area contributed by atoms with E-state index < -0.39 is 17.9 Å². The second-order valence-electron chi connectivity index (χ2n) is 9.95. The van der Waals surface area contributed by atoms with Crippen molar-refractivity contribution in [1.29, 1.82) is 0 Å². The lowest BCUT2D eigenvalue weighted by atomic mass is 10.0. The third kappa shape index (κ3) is 23.8. The van der Waals surface area contributed by atoms with Gasteiger partial charge in [-0.15, -0.1) is 0 Å². The van der Waals surface area contributed by atoms with E-state index >= 15 is 0 Å². The average Bonchev–Trinajstić information content (AvgIpc) is 2.82. The number of esters is 1. The molecule has 0 rings (SSSR count). The normalized spacial score (nSPS) is 12.3. The van der Waals surface area contributed by atoms with Gasteiger partial charge >= 0.3 is 11.9 Å². The van der Waals surface area contributed by atoms with Crippen molar-refractivity contribution in [2.45, 2.75) is 155 Å². The number of carbonyl (C=O) groups is 2. The molecule has 0 aliphatic carbocycles. The molecule has 1 unspecified atom stereocenters. The lowest BCUT2D eigenvalue weighted by Crippen LogP contribution is -2.19. The molecule has 34 heavy (non-hydrogen) atoms. The molecule has 0 saturated carbocycles. The standard InChI is InChI=1S/C30H56O4/c1-3-5-7-9-11-12-13-14-15-16-17-18-19-20-22-24-26-34-30(33)28(27-29(31)32)25-23-21-10-8-6-4-2/h23,25,28H,3-22,24,26-27H2,1-2H3,(H,31,32). The van der Waals surface area contributed by atoms with Crippen LogP contribution < -0.4 is 0 Å². The average molecular weight is 481 g/mol. The van der Waals surface area contributed by atoms with Crippen LogP contribution in [0.1, 0.15) is 155 Å². The van der Waals surface area contributed by atoms with Gasteiger partial charge in [0.05, 0.1) is 18.9 Å². The molecular weight excluding hydrogens is 424 g/mol. The highest BCUT2D eigenvalue weighted by atomic mass is 16.5. The minimum absolute atomic E-state index is 0.191. The maximum Gasteiger partial charge on any atom is 0.313 e. The Morgan fingerprint density at radius 2 is 1.06 bits per heavy atom. The summed E-state index contributed by atoms with van der Waals surface area (Å²) in [5.41, 5.74) is 0. The number of allylic oxidation sites excluding steroid dienone is 1. The molecule has 0 fully saturated rings. The van der Waals surface area contributed by atoms with Crippen molar-refractivity contribution in [2.75, 3.05) is 6.61 Å². The molecule has 0 saturated heterocycles. The Morgan fingerprint density at radius 3 is 1.50 bits per heavy atom. The molecule has 200 valence electrons. The molecule has 0 bridgehead atoms. The van der Waals surface area contributed by atoms with Crippen molar-refractivity contribution in [3.63, 3.8) is 0 Å². The molecule has 1 atom stereocenters. The van der Waals surface area contributed by atoms with Crippen LogP contribution in [-0.4, -0.2) is 23.7 Å². The highest BCUT2D eigenvalue weighted by molar-refractivity contribution is 5.80. The molecule has 0 aromatic rings. The van der Waals surface area contributed by atoms with Crippen LogP contribution in [0, 0.1) is 5.92 Å². The smallest absolute Gasteiger partial charge is 0.313 e. The molecule has 0 aliphatic heterocycles. The van der Waals surface area contributed by atoms with E-state index in [1.807, 2.05) is 6.08 Å². The first-order valence-corrected chi connectivity index (χ1v) is 14.7. The Bertz CT molecular complexity index is 486. The summed E-state index contributed by atoms with van der Waals surface area (Å²) in [7, 11) is 0. The number of ether oxygens (including phenoxy) is 1. The minimum atomic E-state index is -0.958. The van der Waals surface area contributed by atoms with Crippen molar-refractivity contribution in [1.82, 2.24) is 0 Å². The SMILES string of the molecule is CCCCCCC=CC(CC(=O)O)C(=O)OCCCCCCCCCCCCCCCCCC. The van der Waals surface area contributed by atoms with Gasteiger partial charge in [0.1, 0.15) is 0 Å². The van der Waals surface area contributed by atoms with Crippen molar-refractivity contribution >= 4 is 11.9 Å². The van der Waals surface area contributed by atoms with E-state index in [-0.39, 0.29) is 6.42 Å². The van der Waals surface area contributed by atoms with Gasteiger partial charge in [0.15, 0.2) is 0 Å². The summed E-state index contributed by atoms with van der Waals surface area (Å²) in [5.74, 6) is -2.02. The summed E-state index contributed by atoms with van der Waals surface area (Å²) >= 11 is 0. The zero-order chi connectivity index (χ0) is 25.1. The van der Waals surface area contributed by atoms with E-state index in [0.717, 1.165) is 25.7 Å². The van der Waals surface area contributed by atoms with Crippen molar-refractivity contribution in [3.05, 3.63) is 12.2 Å². The summed E-state index contributed by atoms with van der Waals surface area (Å²) in [6.45, 7) is 4.85. The van der Waals surface area contributed by atoms with E-state index in [1.54, 1.807) is 6.08 Å². The molecule has 0 radical (unpaired) electrons. The fraction of sp³-hybridized carbons (Fsp3) is 0.867. The second kappa shape index (κ2) is 26.3. The van der Waals surface area contributed by atoms with Crippen molar-refractivity contribution in [3.8, 4) is 0 Å². The first-order chi connectivity index (χ1) is 16.6. The van der Waals surface area contributed by atoms with Crippen LogP contribution in [0.25, 0.3) is 0 Å². The Morgan fingerprint density at radius 1 is 0.647 bits per heavy atom. The van der Waals surface area contributed by atoms with Crippen LogP contribution in [0.4, 0.5) is 0 Å². The molecule has 4 heteroatoms. The van der Waals surface area contributed by atoms with Crippen LogP contribution in [-0.2, 0) is 14.3 Å². The molecule has 0 aromatic carbocycles. The quantitative estimate of drug-likeness (QED) is 0.0760. The van der Waals surface area contributed by atoms with Gasteiger partial charge in [-0.2, -0.15) is 0 Å². The summed E-state index contributed by atoms with van der Waals surface area (Å²) in [6.07, 6.45) is 30.0. The first-order valence-electron chi connectivity index (χ1n) is 14.7. The number of hydrogen-bond donors (Lipinski definition) is 1. The van der Waals surface area contributed by atoms with Crippen LogP contribution in [0.5, 0.6) is 0 Å². The van der Waals surface area contributed by atoms with E-state index in [1.165, 1.54) is 109 Å². The van der Waals surface area contributed by atoms with E-state index in [9.17, 15) is 9.59 Å². The Hall–Kier alpha value is -1.32. The van der Waals surface area contributed by atoms with Crippen molar-refractivity contribution in [2.24, 2.45) is 5.92 Å². The number of hydrogen-bond acceptors (Lipinski definition) is 3. The molecule has 0 heterocycles.